The minimum absolute atomic E-state index is 0.238. The molecule has 3 atom stereocenters. The lowest BCUT2D eigenvalue weighted by molar-refractivity contribution is 0.205. The molecule has 0 saturated carbocycles. The van der Waals surface area contributed by atoms with Crippen LogP contribution in [0.3, 0.4) is 0 Å². The minimum Gasteiger partial charge on any atom is -0.395 e. The molecule has 2 N–H and O–H groups in total. The number of nitrogens with one attached hydrogen (secondary N) is 1. The Morgan fingerprint density at radius 2 is 2.30 bits per heavy atom. The van der Waals surface area contributed by atoms with Gasteiger partial charge in [0, 0.05) is 17.3 Å². The van der Waals surface area contributed by atoms with Gasteiger partial charge < -0.3 is 10.4 Å². The minimum atomic E-state index is 0.238. The van der Waals surface area contributed by atoms with Gasteiger partial charge in [-0.2, -0.15) is 12.6 Å². The monoisotopic (exact) mass is 161 g/mol. The van der Waals surface area contributed by atoms with Gasteiger partial charge in [-0.1, -0.05) is 0 Å². The number of thiol groups is 1. The van der Waals surface area contributed by atoms with E-state index in [2.05, 4.69) is 24.9 Å². The third-order valence-corrected chi connectivity index (χ3v) is 2.34. The lowest BCUT2D eigenvalue weighted by Gasteiger charge is -2.31. The number of hydrogen-bond acceptors (Lipinski definition) is 3. The second-order valence-corrected chi connectivity index (χ2v) is 3.80. The van der Waals surface area contributed by atoms with Gasteiger partial charge in [0.1, 0.15) is 0 Å². The van der Waals surface area contributed by atoms with Gasteiger partial charge in [-0.25, -0.2) is 0 Å². The van der Waals surface area contributed by atoms with Crippen molar-refractivity contribution < 1.29 is 5.11 Å². The summed E-state index contributed by atoms with van der Waals surface area (Å²) in [5.74, 6) is 0. The Labute approximate surface area is 67.4 Å². The van der Waals surface area contributed by atoms with Crippen LogP contribution in [0.25, 0.3) is 0 Å². The molecule has 10 heavy (non-hydrogen) atoms. The van der Waals surface area contributed by atoms with Crippen LogP contribution in [0, 0.1) is 0 Å². The average molecular weight is 161 g/mol. The highest BCUT2D eigenvalue weighted by Gasteiger charge is 2.22. The van der Waals surface area contributed by atoms with E-state index < -0.39 is 0 Å². The summed E-state index contributed by atoms with van der Waals surface area (Å²) in [7, 11) is 0. The first-order valence-electron chi connectivity index (χ1n) is 3.77. The summed E-state index contributed by atoms with van der Waals surface area (Å²) >= 11 is 4.38. The van der Waals surface area contributed by atoms with Gasteiger partial charge in [-0.3, -0.25) is 0 Å². The van der Waals surface area contributed by atoms with Crippen LogP contribution in [0.15, 0.2) is 0 Å². The number of rotatable bonds is 1. The van der Waals surface area contributed by atoms with Crippen LogP contribution in [-0.2, 0) is 0 Å². The van der Waals surface area contributed by atoms with Gasteiger partial charge in [-0.15, -0.1) is 0 Å². The highest BCUT2D eigenvalue weighted by molar-refractivity contribution is 7.80. The molecular formula is C7H15NOS. The van der Waals surface area contributed by atoms with Crippen molar-refractivity contribution in [2.45, 2.75) is 37.1 Å². The standard InChI is InChI=1S/C7H15NOS/c1-5-2-7(10)3-6(4-9)8-5/h5-10H,2-4H2,1H3. The molecule has 1 aliphatic heterocycles. The average Bonchev–Trinajstić information content (AvgIpc) is 1.85. The molecule has 0 amide bonds. The molecule has 2 nitrogen and oxygen atoms in total. The molecule has 0 radical (unpaired) electrons. The molecule has 3 unspecified atom stereocenters. The summed E-state index contributed by atoms with van der Waals surface area (Å²) in [6.07, 6.45) is 2.10. The first-order chi connectivity index (χ1) is 4.72. The van der Waals surface area contributed by atoms with E-state index in [1.54, 1.807) is 0 Å². The van der Waals surface area contributed by atoms with Crippen molar-refractivity contribution >= 4 is 12.6 Å². The predicted molar refractivity (Wildman–Crippen MR) is 45.5 cm³/mol. The van der Waals surface area contributed by atoms with E-state index in [0.717, 1.165) is 12.8 Å². The molecule has 1 saturated heterocycles. The predicted octanol–water partition coefficient (Wildman–Crippen LogP) is 0.418. The Hall–Kier alpha value is 0.270. The van der Waals surface area contributed by atoms with E-state index in [1.165, 1.54) is 0 Å². The van der Waals surface area contributed by atoms with E-state index in [9.17, 15) is 0 Å². The maximum Gasteiger partial charge on any atom is 0.0585 e. The van der Waals surface area contributed by atoms with Gasteiger partial charge in [0.25, 0.3) is 0 Å². The first kappa shape index (κ1) is 8.37. The molecule has 3 heteroatoms. The molecule has 0 aromatic rings. The smallest absolute Gasteiger partial charge is 0.0585 e. The second kappa shape index (κ2) is 3.60. The zero-order valence-electron chi connectivity index (χ0n) is 6.25. The zero-order valence-corrected chi connectivity index (χ0v) is 7.14. The van der Waals surface area contributed by atoms with E-state index in [-0.39, 0.29) is 12.6 Å². The van der Waals surface area contributed by atoms with Gasteiger partial charge in [0.05, 0.1) is 6.61 Å². The van der Waals surface area contributed by atoms with Gasteiger partial charge in [0.15, 0.2) is 0 Å². The lowest BCUT2D eigenvalue weighted by atomic mass is 10.00. The fraction of sp³-hybridized carbons (Fsp3) is 1.00. The maximum atomic E-state index is 8.83. The summed E-state index contributed by atoms with van der Waals surface area (Å²) in [5.41, 5.74) is 0. The molecule has 1 rings (SSSR count). The van der Waals surface area contributed by atoms with Crippen molar-refractivity contribution in [3.8, 4) is 0 Å². The largest absolute Gasteiger partial charge is 0.395 e. The van der Waals surface area contributed by atoms with Crippen molar-refractivity contribution in [3.63, 3.8) is 0 Å². The molecule has 1 heterocycles. The van der Waals surface area contributed by atoms with Crippen LogP contribution in [-0.4, -0.2) is 29.0 Å². The molecule has 0 aromatic heterocycles. The summed E-state index contributed by atoms with van der Waals surface area (Å²) in [5, 5.41) is 12.6. The van der Waals surface area contributed by atoms with Crippen molar-refractivity contribution in [3.05, 3.63) is 0 Å². The van der Waals surface area contributed by atoms with Gasteiger partial charge >= 0.3 is 0 Å². The van der Waals surface area contributed by atoms with Crippen molar-refractivity contribution in [1.29, 1.82) is 0 Å². The molecule has 1 aliphatic rings. The van der Waals surface area contributed by atoms with Crippen LogP contribution in [0.2, 0.25) is 0 Å². The Morgan fingerprint density at radius 3 is 2.80 bits per heavy atom. The number of aliphatic hydroxyl groups excluding tert-OH is 1. The van der Waals surface area contributed by atoms with Crippen LogP contribution in [0.1, 0.15) is 19.8 Å². The zero-order chi connectivity index (χ0) is 7.56. The van der Waals surface area contributed by atoms with Crippen LogP contribution < -0.4 is 5.32 Å². The lowest BCUT2D eigenvalue weighted by Crippen LogP contribution is -2.46. The van der Waals surface area contributed by atoms with Crippen molar-refractivity contribution in [2.24, 2.45) is 0 Å². The SMILES string of the molecule is CC1CC(S)CC(CO)N1. The third-order valence-electron chi connectivity index (χ3n) is 1.92. The normalized spacial score (nSPS) is 41.7. The van der Waals surface area contributed by atoms with Crippen LogP contribution in [0.4, 0.5) is 0 Å². The molecular weight excluding hydrogens is 146 g/mol. The highest BCUT2D eigenvalue weighted by atomic mass is 32.1. The van der Waals surface area contributed by atoms with Crippen LogP contribution in [0.5, 0.6) is 0 Å². The molecule has 1 fully saturated rings. The van der Waals surface area contributed by atoms with E-state index in [4.69, 9.17) is 5.11 Å². The summed E-state index contributed by atoms with van der Waals surface area (Å²) in [4.78, 5) is 0. The molecule has 0 aliphatic carbocycles. The fourth-order valence-corrected chi connectivity index (χ4v) is 2.07. The summed E-state index contributed by atoms with van der Waals surface area (Å²) in [6.45, 7) is 2.37. The summed E-state index contributed by atoms with van der Waals surface area (Å²) in [6, 6.07) is 0.777. The van der Waals surface area contributed by atoms with Gasteiger partial charge in [0.2, 0.25) is 0 Å². The third kappa shape index (κ3) is 2.15. The van der Waals surface area contributed by atoms with E-state index >= 15 is 0 Å². The molecule has 60 valence electrons. The Morgan fingerprint density at radius 1 is 1.60 bits per heavy atom. The van der Waals surface area contributed by atoms with E-state index in [0.29, 0.717) is 11.3 Å². The number of piperidine rings is 1. The number of hydrogen-bond donors (Lipinski definition) is 3. The number of aliphatic hydroxyl groups is 1. The molecule has 0 bridgehead atoms. The topological polar surface area (TPSA) is 32.3 Å². The van der Waals surface area contributed by atoms with Crippen LogP contribution >= 0.6 is 12.6 Å². The molecule has 0 aromatic carbocycles. The Bertz CT molecular complexity index is 99.8. The first-order valence-corrected chi connectivity index (χ1v) is 4.29. The fourth-order valence-electron chi connectivity index (χ4n) is 1.50. The quantitative estimate of drug-likeness (QED) is 0.487. The van der Waals surface area contributed by atoms with Crippen molar-refractivity contribution in [2.75, 3.05) is 6.61 Å². The van der Waals surface area contributed by atoms with E-state index in [1.807, 2.05) is 0 Å². The van der Waals surface area contributed by atoms with Crippen molar-refractivity contribution in [1.82, 2.24) is 5.32 Å². The summed E-state index contributed by atoms with van der Waals surface area (Å²) < 4.78 is 0. The van der Waals surface area contributed by atoms with Gasteiger partial charge in [-0.05, 0) is 19.8 Å². The Kier molecular flexibility index (Phi) is 3.01. The Balaban J connectivity index is 2.35. The molecule has 0 spiro atoms. The second-order valence-electron chi connectivity index (χ2n) is 3.07. The highest BCUT2D eigenvalue weighted by Crippen LogP contribution is 2.17. The maximum absolute atomic E-state index is 8.83.